The van der Waals surface area contributed by atoms with Gasteiger partial charge in [0.25, 0.3) is 0 Å². The Kier molecular flexibility index (Phi) is 3.93. The fourth-order valence-electron chi connectivity index (χ4n) is 2.64. The van der Waals surface area contributed by atoms with Gasteiger partial charge in [0.15, 0.2) is 0 Å². The predicted octanol–water partition coefficient (Wildman–Crippen LogP) is 2.28. The van der Waals surface area contributed by atoms with Gasteiger partial charge in [0.2, 0.25) is 0 Å². The third-order valence-corrected chi connectivity index (χ3v) is 3.58. The number of piperidine rings is 1. The molecule has 1 aromatic rings. The summed E-state index contributed by atoms with van der Waals surface area (Å²) < 4.78 is 39.1. The van der Waals surface area contributed by atoms with E-state index in [1.807, 2.05) is 6.92 Å². The molecule has 7 heteroatoms. The highest BCUT2D eigenvalue weighted by atomic mass is 19.4. The van der Waals surface area contributed by atoms with Crippen LogP contribution in [-0.4, -0.2) is 34.7 Å². The Hall–Kier alpha value is -1.37. The number of anilines is 1. The number of nitrogen functional groups attached to an aromatic ring is 1. The van der Waals surface area contributed by atoms with Gasteiger partial charge in [-0.15, -0.1) is 5.10 Å². The summed E-state index contributed by atoms with van der Waals surface area (Å²) >= 11 is 0. The van der Waals surface area contributed by atoms with Crippen molar-refractivity contribution in [3.05, 3.63) is 17.3 Å². The monoisotopic (exact) mass is 274 g/mol. The molecular weight excluding hydrogens is 257 g/mol. The summed E-state index contributed by atoms with van der Waals surface area (Å²) in [7, 11) is 0. The van der Waals surface area contributed by atoms with Crippen molar-refractivity contribution in [1.82, 2.24) is 15.1 Å². The lowest BCUT2D eigenvalue weighted by molar-refractivity contribution is -0.138. The van der Waals surface area contributed by atoms with Crippen molar-refractivity contribution in [1.29, 1.82) is 0 Å². The molecule has 0 bridgehead atoms. The molecule has 1 fully saturated rings. The molecule has 2 heterocycles. The van der Waals surface area contributed by atoms with Gasteiger partial charge in [0, 0.05) is 18.0 Å². The number of likely N-dealkylation sites (tertiary alicyclic amines) is 1. The maximum atomic E-state index is 13.0. The van der Waals surface area contributed by atoms with Gasteiger partial charge in [-0.1, -0.05) is 6.92 Å². The van der Waals surface area contributed by atoms with Gasteiger partial charge in [-0.3, -0.25) is 0 Å². The van der Waals surface area contributed by atoms with Crippen LogP contribution in [0.5, 0.6) is 0 Å². The normalized spacial score (nSPS) is 21.6. The number of alkyl halides is 3. The Morgan fingerprint density at radius 1 is 1.47 bits per heavy atom. The smallest absolute Gasteiger partial charge is 0.382 e. The number of likely N-dealkylation sites (N-methyl/N-ethyl adjacent to an activating group) is 1. The standard InChI is InChI=1S/C12H17F3N4/c1-2-19-5-3-4-8(7-19)10-9(12(13,14)15)6-17-18-11(10)16/h6,8H,2-5,7H2,1H3,(H2,16,18)/t8-/m0/s1. The summed E-state index contributed by atoms with van der Waals surface area (Å²) in [6.45, 7) is 4.35. The first-order valence-electron chi connectivity index (χ1n) is 6.34. The van der Waals surface area contributed by atoms with Gasteiger partial charge in [-0.2, -0.15) is 18.3 Å². The Morgan fingerprint density at radius 3 is 2.84 bits per heavy atom. The third kappa shape index (κ3) is 2.97. The van der Waals surface area contributed by atoms with Crippen molar-refractivity contribution in [2.45, 2.75) is 31.9 Å². The fraction of sp³-hybridized carbons (Fsp3) is 0.667. The SMILES string of the molecule is CCN1CCC[C@H](c2c(C(F)(F)F)cnnc2N)C1. The number of nitrogens with zero attached hydrogens (tertiary/aromatic N) is 3. The van der Waals surface area contributed by atoms with E-state index in [1.54, 1.807) is 0 Å². The Labute approximate surface area is 109 Å². The van der Waals surface area contributed by atoms with Crippen LogP contribution in [0.1, 0.15) is 36.8 Å². The average molecular weight is 274 g/mol. The Bertz CT molecular complexity index is 447. The van der Waals surface area contributed by atoms with Crippen LogP contribution in [-0.2, 0) is 6.18 Å². The molecule has 2 rings (SSSR count). The van der Waals surface area contributed by atoms with E-state index in [4.69, 9.17) is 5.73 Å². The highest BCUT2D eigenvalue weighted by Crippen LogP contribution is 2.39. The van der Waals surface area contributed by atoms with Crippen molar-refractivity contribution in [3.8, 4) is 0 Å². The Balaban J connectivity index is 2.38. The van der Waals surface area contributed by atoms with Crippen LogP contribution >= 0.6 is 0 Å². The molecule has 0 aromatic carbocycles. The third-order valence-electron chi connectivity index (χ3n) is 3.58. The van der Waals surface area contributed by atoms with Gasteiger partial charge in [-0.05, 0) is 25.9 Å². The summed E-state index contributed by atoms with van der Waals surface area (Å²) in [5, 5.41) is 6.93. The molecule has 4 nitrogen and oxygen atoms in total. The van der Waals surface area contributed by atoms with E-state index in [0.29, 0.717) is 13.0 Å². The second-order valence-electron chi connectivity index (χ2n) is 4.79. The Morgan fingerprint density at radius 2 is 2.21 bits per heavy atom. The van der Waals surface area contributed by atoms with E-state index in [1.165, 1.54) is 0 Å². The van der Waals surface area contributed by atoms with Gasteiger partial charge in [0.05, 0.1) is 11.8 Å². The van der Waals surface area contributed by atoms with Gasteiger partial charge >= 0.3 is 6.18 Å². The van der Waals surface area contributed by atoms with Gasteiger partial charge < -0.3 is 10.6 Å². The van der Waals surface area contributed by atoms with Crippen molar-refractivity contribution in [3.63, 3.8) is 0 Å². The minimum atomic E-state index is -4.44. The number of rotatable bonds is 2. The molecule has 0 saturated carbocycles. The highest BCUT2D eigenvalue weighted by molar-refractivity contribution is 5.47. The molecule has 0 unspecified atom stereocenters. The molecular formula is C12H17F3N4. The highest BCUT2D eigenvalue weighted by Gasteiger charge is 2.38. The van der Waals surface area contributed by atoms with E-state index in [-0.39, 0.29) is 17.3 Å². The lowest BCUT2D eigenvalue weighted by Gasteiger charge is -2.33. The summed E-state index contributed by atoms with van der Waals surface area (Å²) in [5.74, 6) is -0.321. The first-order valence-corrected chi connectivity index (χ1v) is 6.34. The van der Waals surface area contributed by atoms with E-state index >= 15 is 0 Å². The zero-order valence-electron chi connectivity index (χ0n) is 10.7. The maximum absolute atomic E-state index is 13.0. The van der Waals surface area contributed by atoms with E-state index in [9.17, 15) is 13.2 Å². The van der Waals surface area contributed by atoms with E-state index in [2.05, 4.69) is 15.1 Å². The average Bonchev–Trinajstić information content (AvgIpc) is 2.37. The predicted molar refractivity (Wildman–Crippen MR) is 65.5 cm³/mol. The summed E-state index contributed by atoms with van der Waals surface area (Å²) in [6.07, 6.45) is -2.09. The zero-order chi connectivity index (χ0) is 14.0. The lowest BCUT2D eigenvalue weighted by Crippen LogP contribution is -2.35. The molecule has 1 aliphatic rings. The molecule has 19 heavy (non-hydrogen) atoms. The number of hydrogen-bond donors (Lipinski definition) is 1. The van der Waals surface area contributed by atoms with Crippen LogP contribution in [0, 0.1) is 0 Å². The fourth-order valence-corrected chi connectivity index (χ4v) is 2.64. The molecule has 0 aliphatic carbocycles. The number of hydrogen-bond acceptors (Lipinski definition) is 4. The number of nitrogens with two attached hydrogens (primary N) is 1. The second-order valence-corrected chi connectivity index (χ2v) is 4.79. The van der Waals surface area contributed by atoms with Crippen molar-refractivity contribution >= 4 is 5.82 Å². The van der Waals surface area contributed by atoms with Crippen LogP contribution in [0.3, 0.4) is 0 Å². The molecule has 106 valence electrons. The number of halogens is 3. The van der Waals surface area contributed by atoms with Crippen molar-refractivity contribution < 1.29 is 13.2 Å². The molecule has 1 atom stereocenters. The maximum Gasteiger partial charge on any atom is 0.418 e. The van der Waals surface area contributed by atoms with Crippen LogP contribution in [0.25, 0.3) is 0 Å². The van der Waals surface area contributed by atoms with Gasteiger partial charge in [-0.25, -0.2) is 0 Å². The molecule has 1 aliphatic heterocycles. The second kappa shape index (κ2) is 5.32. The summed E-state index contributed by atoms with van der Waals surface area (Å²) in [5.41, 5.74) is 5.01. The van der Waals surface area contributed by atoms with Crippen molar-refractivity contribution in [2.75, 3.05) is 25.4 Å². The number of aromatic nitrogens is 2. The van der Waals surface area contributed by atoms with Crippen LogP contribution < -0.4 is 5.73 Å². The first-order chi connectivity index (χ1) is 8.93. The van der Waals surface area contributed by atoms with Crippen molar-refractivity contribution in [2.24, 2.45) is 0 Å². The molecule has 0 amide bonds. The molecule has 1 saturated heterocycles. The first kappa shape index (κ1) is 14.0. The minimum absolute atomic E-state index is 0.0993. The summed E-state index contributed by atoms with van der Waals surface area (Å²) in [4.78, 5) is 2.13. The lowest BCUT2D eigenvalue weighted by atomic mass is 9.88. The molecule has 1 aromatic heterocycles. The van der Waals surface area contributed by atoms with Crippen LogP contribution in [0.15, 0.2) is 6.20 Å². The quantitative estimate of drug-likeness (QED) is 0.899. The van der Waals surface area contributed by atoms with Crippen LogP contribution in [0.2, 0.25) is 0 Å². The van der Waals surface area contributed by atoms with Crippen LogP contribution in [0.4, 0.5) is 19.0 Å². The molecule has 0 radical (unpaired) electrons. The topological polar surface area (TPSA) is 55.0 Å². The molecule has 0 spiro atoms. The minimum Gasteiger partial charge on any atom is -0.382 e. The zero-order valence-corrected chi connectivity index (χ0v) is 10.7. The van der Waals surface area contributed by atoms with E-state index < -0.39 is 11.7 Å². The largest absolute Gasteiger partial charge is 0.418 e. The summed E-state index contributed by atoms with van der Waals surface area (Å²) in [6, 6.07) is 0. The molecule has 2 N–H and O–H groups in total. The van der Waals surface area contributed by atoms with Gasteiger partial charge in [0.1, 0.15) is 5.82 Å². The van der Waals surface area contributed by atoms with E-state index in [0.717, 1.165) is 25.7 Å².